The smallest absolute Gasteiger partial charge is 0.226 e. The lowest BCUT2D eigenvalue weighted by Crippen LogP contribution is -1.79. The summed E-state index contributed by atoms with van der Waals surface area (Å²) in [6, 6.07) is 7.39. The lowest BCUT2D eigenvalue weighted by atomic mass is 10.2. The van der Waals surface area contributed by atoms with Crippen LogP contribution in [0.25, 0.3) is 11.5 Å². The maximum Gasteiger partial charge on any atom is 0.226 e. The van der Waals surface area contributed by atoms with Crippen molar-refractivity contribution in [2.45, 2.75) is 5.33 Å². The average Bonchev–Trinajstić information content (AvgIpc) is 2.67. The van der Waals surface area contributed by atoms with E-state index in [0.717, 1.165) is 11.3 Å². The molecule has 0 spiro atoms. The van der Waals surface area contributed by atoms with Crippen molar-refractivity contribution in [1.29, 1.82) is 0 Å². The van der Waals surface area contributed by atoms with E-state index in [1.807, 2.05) is 24.3 Å². The van der Waals surface area contributed by atoms with Gasteiger partial charge in [-0.05, 0) is 24.3 Å². The largest absolute Gasteiger partial charge is 0.444 e. The van der Waals surface area contributed by atoms with Crippen LogP contribution in [0, 0.1) is 0 Å². The molecule has 0 aliphatic heterocycles. The van der Waals surface area contributed by atoms with Gasteiger partial charge in [0.2, 0.25) is 5.89 Å². The van der Waals surface area contributed by atoms with Crippen molar-refractivity contribution < 1.29 is 4.42 Å². The highest BCUT2D eigenvalue weighted by molar-refractivity contribution is 9.08. The molecule has 0 saturated heterocycles. The van der Waals surface area contributed by atoms with Gasteiger partial charge in [0.25, 0.3) is 0 Å². The molecule has 0 atom stereocenters. The van der Waals surface area contributed by atoms with Gasteiger partial charge in [-0.1, -0.05) is 27.5 Å². The Morgan fingerprint density at radius 2 is 2.00 bits per heavy atom. The molecule has 0 unspecified atom stereocenters. The molecule has 0 N–H and O–H groups in total. The summed E-state index contributed by atoms with van der Waals surface area (Å²) in [4.78, 5) is 4.27. The standard InChI is InChI=1S/C10H7BrClNO/c11-5-9-6-14-10(13-9)7-1-3-8(12)4-2-7/h1-4,6H,5H2. The third-order valence-corrected chi connectivity index (χ3v) is 2.61. The minimum absolute atomic E-state index is 0.621. The summed E-state index contributed by atoms with van der Waals surface area (Å²) in [7, 11) is 0. The third kappa shape index (κ3) is 1.99. The van der Waals surface area contributed by atoms with E-state index in [1.54, 1.807) is 6.26 Å². The Balaban J connectivity index is 2.34. The molecule has 72 valence electrons. The number of benzene rings is 1. The van der Waals surface area contributed by atoms with Gasteiger partial charge in [0.15, 0.2) is 0 Å². The van der Waals surface area contributed by atoms with E-state index in [2.05, 4.69) is 20.9 Å². The Kier molecular flexibility index (Phi) is 2.89. The van der Waals surface area contributed by atoms with Crippen molar-refractivity contribution in [3.05, 3.63) is 41.2 Å². The lowest BCUT2D eigenvalue weighted by molar-refractivity contribution is 0.573. The second-order valence-electron chi connectivity index (χ2n) is 2.78. The van der Waals surface area contributed by atoms with Crippen LogP contribution in [0.15, 0.2) is 34.9 Å². The van der Waals surface area contributed by atoms with Crippen molar-refractivity contribution in [2.24, 2.45) is 0 Å². The van der Waals surface area contributed by atoms with Crippen LogP contribution >= 0.6 is 27.5 Å². The Bertz CT molecular complexity index is 424. The molecule has 1 heterocycles. The molecule has 2 aromatic rings. The summed E-state index contributed by atoms with van der Waals surface area (Å²) in [6.45, 7) is 0. The summed E-state index contributed by atoms with van der Waals surface area (Å²) < 4.78 is 5.30. The zero-order valence-electron chi connectivity index (χ0n) is 7.21. The topological polar surface area (TPSA) is 26.0 Å². The minimum Gasteiger partial charge on any atom is -0.444 e. The maximum absolute atomic E-state index is 5.77. The van der Waals surface area contributed by atoms with E-state index < -0.39 is 0 Å². The van der Waals surface area contributed by atoms with Crippen LogP contribution < -0.4 is 0 Å². The molecule has 4 heteroatoms. The molecular weight excluding hydrogens is 265 g/mol. The van der Waals surface area contributed by atoms with E-state index >= 15 is 0 Å². The van der Waals surface area contributed by atoms with Gasteiger partial charge in [-0.15, -0.1) is 0 Å². The fourth-order valence-corrected chi connectivity index (χ4v) is 1.48. The minimum atomic E-state index is 0.621. The molecule has 2 rings (SSSR count). The SMILES string of the molecule is Clc1ccc(-c2nc(CBr)co2)cc1. The van der Waals surface area contributed by atoms with Gasteiger partial charge in [-0.2, -0.15) is 0 Å². The summed E-state index contributed by atoms with van der Waals surface area (Å²) >= 11 is 9.08. The van der Waals surface area contributed by atoms with Gasteiger partial charge in [0.1, 0.15) is 6.26 Å². The molecule has 0 fully saturated rings. The molecule has 0 aliphatic carbocycles. The van der Waals surface area contributed by atoms with Crippen LogP contribution in [0.2, 0.25) is 5.02 Å². The van der Waals surface area contributed by atoms with E-state index in [0.29, 0.717) is 16.2 Å². The van der Waals surface area contributed by atoms with Gasteiger partial charge in [0.05, 0.1) is 5.69 Å². The predicted octanol–water partition coefficient (Wildman–Crippen LogP) is 3.89. The van der Waals surface area contributed by atoms with Crippen LogP contribution in [0.5, 0.6) is 0 Å². The van der Waals surface area contributed by atoms with Gasteiger partial charge in [0, 0.05) is 15.9 Å². The zero-order valence-corrected chi connectivity index (χ0v) is 9.55. The molecule has 0 amide bonds. The van der Waals surface area contributed by atoms with Crippen LogP contribution in [0.1, 0.15) is 5.69 Å². The summed E-state index contributed by atoms with van der Waals surface area (Å²) in [5.74, 6) is 0.621. The highest BCUT2D eigenvalue weighted by atomic mass is 79.9. The summed E-state index contributed by atoms with van der Waals surface area (Å²) in [6.07, 6.45) is 1.64. The molecule has 0 saturated carbocycles. The molecule has 2 nitrogen and oxygen atoms in total. The average molecular weight is 273 g/mol. The fourth-order valence-electron chi connectivity index (χ4n) is 1.09. The Labute approximate surface area is 95.0 Å². The van der Waals surface area contributed by atoms with Gasteiger partial charge in [-0.3, -0.25) is 0 Å². The molecular formula is C10H7BrClNO. The molecule has 0 radical (unpaired) electrons. The van der Waals surface area contributed by atoms with Crippen molar-refractivity contribution >= 4 is 27.5 Å². The van der Waals surface area contributed by atoms with Gasteiger partial charge in [-0.25, -0.2) is 4.98 Å². The Morgan fingerprint density at radius 3 is 2.57 bits per heavy atom. The number of aromatic nitrogens is 1. The normalized spacial score (nSPS) is 10.4. The first-order valence-electron chi connectivity index (χ1n) is 4.06. The molecule has 1 aromatic heterocycles. The van der Waals surface area contributed by atoms with Crippen LogP contribution in [0.4, 0.5) is 0 Å². The number of nitrogens with zero attached hydrogens (tertiary/aromatic N) is 1. The molecule has 0 bridgehead atoms. The van der Waals surface area contributed by atoms with E-state index in [-0.39, 0.29) is 0 Å². The second-order valence-corrected chi connectivity index (χ2v) is 3.78. The van der Waals surface area contributed by atoms with Crippen LogP contribution in [0.3, 0.4) is 0 Å². The fraction of sp³-hybridized carbons (Fsp3) is 0.100. The van der Waals surface area contributed by atoms with E-state index in [9.17, 15) is 0 Å². The second kappa shape index (κ2) is 4.15. The third-order valence-electron chi connectivity index (χ3n) is 1.78. The summed E-state index contributed by atoms with van der Waals surface area (Å²) in [5, 5.41) is 1.41. The van der Waals surface area contributed by atoms with Crippen molar-refractivity contribution in [1.82, 2.24) is 4.98 Å². The van der Waals surface area contributed by atoms with Gasteiger partial charge < -0.3 is 4.42 Å². The van der Waals surface area contributed by atoms with E-state index in [4.69, 9.17) is 16.0 Å². The first-order chi connectivity index (χ1) is 6.79. The van der Waals surface area contributed by atoms with Crippen LogP contribution in [-0.2, 0) is 5.33 Å². The number of rotatable bonds is 2. The first-order valence-corrected chi connectivity index (χ1v) is 5.56. The van der Waals surface area contributed by atoms with Crippen LogP contribution in [-0.4, -0.2) is 4.98 Å². The number of hydrogen-bond donors (Lipinski definition) is 0. The number of alkyl halides is 1. The first kappa shape index (κ1) is 9.74. The maximum atomic E-state index is 5.77. The molecule has 14 heavy (non-hydrogen) atoms. The Morgan fingerprint density at radius 1 is 1.29 bits per heavy atom. The van der Waals surface area contributed by atoms with Gasteiger partial charge >= 0.3 is 0 Å². The number of oxazole rings is 1. The molecule has 0 aliphatic rings. The monoisotopic (exact) mass is 271 g/mol. The number of hydrogen-bond acceptors (Lipinski definition) is 2. The molecule has 1 aromatic carbocycles. The van der Waals surface area contributed by atoms with Crippen molar-refractivity contribution in [3.63, 3.8) is 0 Å². The Hall–Kier alpha value is -0.800. The van der Waals surface area contributed by atoms with E-state index in [1.165, 1.54) is 0 Å². The van der Waals surface area contributed by atoms with Crippen molar-refractivity contribution in [3.8, 4) is 11.5 Å². The number of halogens is 2. The highest BCUT2D eigenvalue weighted by Crippen LogP contribution is 2.21. The quantitative estimate of drug-likeness (QED) is 0.775. The van der Waals surface area contributed by atoms with Crippen molar-refractivity contribution in [2.75, 3.05) is 0 Å². The zero-order chi connectivity index (χ0) is 9.97. The highest BCUT2D eigenvalue weighted by Gasteiger charge is 2.04. The predicted molar refractivity (Wildman–Crippen MR) is 59.6 cm³/mol. The summed E-state index contributed by atoms with van der Waals surface area (Å²) in [5.41, 5.74) is 1.82. The lowest BCUT2D eigenvalue weighted by Gasteiger charge is -1.94.